The van der Waals surface area contributed by atoms with Gasteiger partial charge < -0.3 is 14.7 Å². The van der Waals surface area contributed by atoms with Gasteiger partial charge in [-0.2, -0.15) is 0 Å². The Morgan fingerprint density at radius 3 is 2.65 bits per heavy atom. The maximum absolute atomic E-state index is 11.7. The van der Waals surface area contributed by atoms with E-state index in [1.54, 1.807) is 4.90 Å². The molecule has 1 amide bonds. The molecule has 1 saturated heterocycles. The maximum Gasteiger partial charge on any atom is 0.317 e. The van der Waals surface area contributed by atoms with E-state index in [9.17, 15) is 9.59 Å². The van der Waals surface area contributed by atoms with Gasteiger partial charge in [-0.3, -0.25) is 14.5 Å². The lowest BCUT2D eigenvalue weighted by Crippen LogP contribution is -2.38. The average molecular weight is 244 g/mol. The van der Waals surface area contributed by atoms with Crippen LogP contribution in [0.5, 0.6) is 0 Å². The minimum atomic E-state index is -0.820. The van der Waals surface area contributed by atoms with Gasteiger partial charge in [0.1, 0.15) is 6.61 Å². The summed E-state index contributed by atoms with van der Waals surface area (Å²) in [5.74, 6) is -0.830. The molecule has 6 heteroatoms. The van der Waals surface area contributed by atoms with E-state index >= 15 is 0 Å². The molecule has 98 valence electrons. The molecule has 0 aromatic heterocycles. The van der Waals surface area contributed by atoms with E-state index in [0.717, 1.165) is 13.0 Å². The molecule has 0 spiro atoms. The van der Waals surface area contributed by atoms with Crippen molar-refractivity contribution in [3.63, 3.8) is 0 Å². The fourth-order valence-electron chi connectivity index (χ4n) is 1.85. The number of amides is 1. The molecule has 17 heavy (non-hydrogen) atoms. The van der Waals surface area contributed by atoms with Gasteiger partial charge in [0.25, 0.3) is 0 Å². The Morgan fingerprint density at radius 2 is 2.00 bits per heavy atom. The van der Waals surface area contributed by atoms with Crippen LogP contribution in [0, 0.1) is 0 Å². The highest BCUT2D eigenvalue weighted by Crippen LogP contribution is 2.03. The van der Waals surface area contributed by atoms with E-state index in [0.29, 0.717) is 26.2 Å². The molecule has 0 unspecified atom stereocenters. The summed E-state index contributed by atoms with van der Waals surface area (Å²) in [6.07, 6.45) is 0.811. The highest BCUT2D eigenvalue weighted by molar-refractivity contribution is 5.77. The summed E-state index contributed by atoms with van der Waals surface area (Å²) >= 11 is 0. The van der Waals surface area contributed by atoms with Gasteiger partial charge in [-0.1, -0.05) is 0 Å². The predicted octanol–water partition coefficient (Wildman–Crippen LogP) is -0.358. The second-order valence-electron chi connectivity index (χ2n) is 4.04. The fraction of sp³-hybridized carbons (Fsp3) is 0.818. The van der Waals surface area contributed by atoms with Crippen LogP contribution >= 0.6 is 0 Å². The molecular weight excluding hydrogens is 224 g/mol. The zero-order valence-electron chi connectivity index (χ0n) is 10.2. The highest BCUT2D eigenvalue weighted by Gasteiger charge is 2.19. The Bertz CT molecular complexity index is 270. The number of nitrogens with zero attached hydrogens (tertiary/aromatic N) is 2. The summed E-state index contributed by atoms with van der Waals surface area (Å²) in [7, 11) is 0. The predicted molar refractivity (Wildman–Crippen MR) is 61.8 cm³/mol. The molecule has 1 aliphatic rings. The van der Waals surface area contributed by atoms with Crippen LogP contribution in [0.15, 0.2) is 0 Å². The lowest BCUT2D eigenvalue weighted by Gasteiger charge is -2.20. The van der Waals surface area contributed by atoms with Crippen molar-refractivity contribution in [3.05, 3.63) is 0 Å². The number of carboxylic acid groups (broad SMARTS) is 1. The first-order valence-corrected chi connectivity index (χ1v) is 5.93. The molecular formula is C11H20N2O4. The number of hydrogen-bond acceptors (Lipinski definition) is 4. The number of aliphatic carboxylic acids is 1. The van der Waals surface area contributed by atoms with Crippen LogP contribution in [-0.4, -0.2) is 72.7 Å². The van der Waals surface area contributed by atoms with Gasteiger partial charge in [-0.25, -0.2) is 0 Å². The van der Waals surface area contributed by atoms with E-state index in [1.807, 2.05) is 11.8 Å². The molecule has 0 aliphatic carbocycles. The van der Waals surface area contributed by atoms with E-state index < -0.39 is 5.97 Å². The summed E-state index contributed by atoms with van der Waals surface area (Å²) in [4.78, 5) is 25.9. The van der Waals surface area contributed by atoms with Crippen molar-refractivity contribution in [2.75, 3.05) is 45.9 Å². The van der Waals surface area contributed by atoms with Crippen LogP contribution in [0.2, 0.25) is 0 Å². The van der Waals surface area contributed by atoms with Gasteiger partial charge in [0.15, 0.2) is 0 Å². The maximum atomic E-state index is 11.7. The van der Waals surface area contributed by atoms with Gasteiger partial charge in [0.05, 0.1) is 6.54 Å². The standard InChI is InChI=1S/C11H20N2O4/c1-2-17-9-10(14)13-5-3-4-12(6-7-13)8-11(15)16/h2-9H2,1H3,(H,15,16). The van der Waals surface area contributed by atoms with Crippen molar-refractivity contribution in [2.24, 2.45) is 0 Å². The Morgan fingerprint density at radius 1 is 1.24 bits per heavy atom. The quantitative estimate of drug-likeness (QED) is 0.715. The largest absolute Gasteiger partial charge is 0.480 e. The molecule has 6 nitrogen and oxygen atoms in total. The van der Waals surface area contributed by atoms with Crippen molar-refractivity contribution in [3.8, 4) is 0 Å². The summed E-state index contributed by atoms with van der Waals surface area (Å²) in [5, 5.41) is 8.71. The average Bonchev–Trinajstić information content (AvgIpc) is 2.51. The van der Waals surface area contributed by atoms with Gasteiger partial charge in [-0.05, 0) is 13.3 Å². The molecule has 0 aromatic carbocycles. The number of carbonyl (C=O) groups excluding carboxylic acids is 1. The zero-order chi connectivity index (χ0) is 12.7. The number of hydrogen-bond donors (Lipinski definition) is 1. The minimum absolute atomic E-state index is 0.0102. The van der Waals surface area contributed by atoms with E-state index in [-0.39, 0.29) is 19.1 Å². The molecule has 1 aliphatic heterocycles. The minimum Gasteiger partial charge on any atom is -0.480 e. The van der Waals surface area contributed by atoms with E-state index in [1.165, 1.54) is 0 Å². The molecule has 0 radical (unpaired) electrons. The lowest BCUT2D eigenvalue weighted by molar-refractivity contribution is -0.138. The third-order valence-electron chi connectivity index (χ3n) is 2.73. The third kappa shape index (κ3) is 5.14. The number of rotatable bonds is 5. The molecule has 0 bridgehead atoms. The number of carbonyl (C=O) groups is 2. The normalized spacial score (nSPS) is 17.8. The van der Waals surface area contributed by atoms with Crippen molar-refractivity contribution >= 4 is 11.9 Å². The Labute approximate surface area is 101 Å². The Hall–Kier alpha value is -1.14. The van der Waals surface area contributed by atoms with Crippen LogP contribution < -0.4 is 0 Å². The topological polar surface area (TPSA) is 70.1 Å². The molecule has 1 rings (SSSR count). The van der Waals surface area contributed by atoms with Gasteiger partial charge in [-0.15, -0.1) is 0 Å². The molecule has 1 heterocycles. The molecule has 1 fully saturated rings. The number of ether oxygens (including phenoxy) is 1. The smallest absolute Gasteiger partial charge is 0.317 e. The molecule has 0 aromatic rings. The Balaban J connectivity index is 2.36. The lowest BCUT2D eigenvalue weighted by atomic mass is 10.4. The van der Waals surface area contributed by atoms with Crippen molar-refractivity contribution in [2.45, 2.75) is 13.3 Å². The molecule has 1 N–H and O–H groups in total. The first kappa shape index (κ1) is 13.9. The van der Waals surface area contributed by atoms with E-state index in [4.69, 9.17) is 9.84 Å². The van der Waals surface area contributed by atoms with Gasteiger partial charge in [0, 0.05) is 32.8 Å². The number of carboxylic acids is 1. The summed E-state index contributed by atoms with van der Waals surface area (Å²) in [5.41, 5.74) is 0. The molecule has 0 saturated carbocycles. The van der Waals surface area contributed by atoms with Crippen molar-refractivity contribution in [1.82, 2.24) is 9.80 Å². The van der Waals surface area contributed by atoms with Crippen LogP contribution in [0.1, 0.15) is 13.3 Å². The Kier molecular flexibility index (Phi) is 5.93. The molecule has 0 atom stereocenters. The SMILES string of the molecule is CCOCC(=O)N1CCCN(CC(=O)O)CC1. The summed E-state index contributed by atoms with van der Waals surface area (Å²) in [6.45, 7) is 5.16. The van der Waals surface area contributed by atoms with Crippen LogP contribution in [-0.2, 0) is 14.3 Å². The first-order chi connectivity index (χ1) is 8.13. The zero-order valence-corrected chi connectivity index (χ0v) is 10.2. The van der Waals surface area contributed by atoms with Crippen molar-refractivity contribution < 1.29 is 19.4 Å². The van der Waals surface area contributed by atoms with Gasteiger partial charge in [0.2, 0.25) is 5.91 Å². The first-order valence-electron chi connectivity index (χ1n) is 5.93. The van der Waals surface area contributed by atoms with Crippen molar-refractivity contribution in [1.29, 1.82) is 0 Å². The third-order valence-corrected chi connectivity index (χ3v) is 2.73. The van der Waals surface area contributed by atoms with Crippen LogP contribution in [0.3, 0.4) is 0 Å². The summed E-state index contributed by atoms with van der Waals surface area (Å²) < 4.78 is 5.08. The van der Waals surface area contributed by atoms with Crippen LogP contribution in [0.25, 0.3) is 0 Å². The fourth-order valence-corrected chi connectivity index (χ4v) is 1.85. The summed E-state index contributed by atoms with van der Waals surface area (Å²) in [6, 6.07) is 0. The highest BCUT2D eigenvalue weighted by atomic mass is 16.5. The van der Waals surface area contributed by atoms with Gasteiger partial charge >= 0.3 is 5.97 Å². The van der Waals surface area contributed by atoms with Crippen LogP contribution in [0.4, 0.5) is 0 Å². The monoisotopic (exact) mass is 244 g/mol. The van der Waals surface area contributed by atoms with E-state index in [2.05, 4.69) is 0 Å². The second-order valence-corrected chi connectivity index (χ2v) is 4.04. The second kappa shape index (κ2) is 7.24.